The topological polar surface area (TPSA) is 56.6 Å². The van der Waals surface area contributed by atoms with E-state index in [1.165, 1.54) is 6.07 Å². The summed E-state index contributed by atoms with van der Waals surface area (Å²) in [5, 5.41) is 9.10. The van der Waals surface area contributed by atoms with Gasteiger partial charge in [-0.15, -0.1) is 0 Å². The molecule has 0 bridgehead atoms. The minimum atomic E-state index is -4.60. The summed E-state index contributed by atoms with van der Waals surface area (Å²) >= 11 is 0. The van der Waals surface area contributed by atoms with Gasteiger partial charge in [-0.25, -0.2) is 0 Å². The molecule has 180 valence electrons. The van der Waals surface area contributed by atoms with Crippen molar-refractivity contribution in [1.29, 1.82) is 5.26 Å². The number of halogens is 3. The second-order valence-electron chi connectivity index (χ2n) is 9.48. The highest BCUT2D eigenvalue weighted by Crippen LogP contribution is 2.45. The summed E-state index contributed by atoms with van der Waals surface area (Å²) in [5.74, 6) is 0.246. The molecule has 0 saturated carbocycles. The number of ether oxygens (including phenoxy) is 1. The summed E-state index contributed by atoms with van der Waals surface area (Å²) in [4.78, 5) is 16.9. The number of piperidine rings is 1. The van der Waals surface area contributed by atoms with E-state index in [0.29, 0.717) is 44.9 Å². The van der Waals surface area contributed by atoms with Gasteiger partial charge in [-0.3, -0.25) is 4.79 Å². The number of hydrogen-bond donors (Lipinski definition) is 0. The molecular formula is C26H28F3N3O2. The van der Waals surface area contributed by atoms with Crippen LogP contribution in [0.15, 0.2) is 42.5 Å². The van der Waals surface area contributed by atoms with Crippen molar-refractivity contribution in [2.45, 2.75) is 25.9 Å². The lowest BCUT2D eigenvalue weighted by atomic mass is 9.74. The number of hydrogen-bond acceptors (Lipinski definition) is 4. The number of amides is 1. The normalized spacial score (nSPS) is 22.4. The van der Waals surface area contributed by atoms with Crippen LogP contribution in [0, 0.1) is 29.6 Å². The molecule has 0 aromatic heterocycles. The average molecular weight is 472 g/mol. The third-order valence-corrected chi connectivity index (χ3v) is 7.08. The second-order valence-corrected chi connectivity index (χ2v) is 9.48. The third kappa shape index (κ3) is 4.76. The number of alkyl halides is 3. The Balaban J connectivity index is 1.55. The average Bonchev–Trinajstić information content (AvgIpc) is 3.17. The van der Waals surface area contributed by atoms with Gasteiger partial charge in [0.25, 0.3) is 0 Å². The number of methoxy groups -OCH3 is 1. The maximum Gasteiger partial charge on any atom is 0.417 e. The highest BCUT2D eigenvalue weighted by Gasteiger charge is 2.51. The number of fused-ring (bicyclic) bond motifs is 1. The van der Waals surface area contributed by atoms with Crippen LogP contribution in [0.3, 0.4) is 0 Å². The van der Waals surface area contributed by atoms with Gasteiger partial charge in [-0.1, -0.05) is 29.8 Å². The van der Waals surface area contributed by atoms with Gasteiger partial charge < -0.3 is 14.5 Å². The van der Waals surface area contributed by atoms with E-state index in [-0.39, 0.29) is 22.8 Å². The Morgan fingerprint density at radius 2 is 2.03 bits per heavy atom. The molecule has 2 atom stereocenters. The van der Waals surface area contributed by atoms with Crippen molar-refractivity contribution < 1.29 is 22.7 Å². The zero-order valence-corrected chi connectivity index (χ0v) is 19.4. The van der Waals surface area contributed by atoms with Crippen molar-refractivity contribution in [3.8, 4) is 6.07 Å². The molecule has 1 amide bonds. The Hall–Kier alpha value is -3.05. The Labute approximate surface area is 197 Å². The molecule has 2 aromatic rings. The van der Waals surface area contributed by atoms with Gasteiger partial charge in [0.1, 0.15) is 0 Å². The van der Waals surface area contributed by atoms with Crippen molar-refractivity contribution in [3.05, 3.63) is 64.7 Å². The van der Waals surface area contributed by atoms with E-state index >= 15 is 0 Å². The number of rotatable bonds is 5. The Kier molecular flexibility index (Phi) is 6.59. The van der Waals surface area contributed by atoms with E-state index in [1.807, 2.05) is 41.0 Å². The molecule has 2 fully saturated rings. The predicted molar refractivity (Wildman–Crippen MR) is 122 cm³/mol. The molecule has 2 saturated heterocycles. The third-order valence-electron chi connectivity index (χ3n) is 7.08. The molecule has 2 aromatic carbocycles. The van der Waals surface area contributed by atoms with E-state index in [4.69, 9.17) is 10.00 Å². The van der Waals surface area contributed by atoms with Gasteiger partial charge in [0.2, 0.25) is 5.91 Å². The summed E-state index contributed by atoms with van der Waals surface area (Å²) in [7, 11) is 1.62. The fourth-order valence-electron chi connectivity index (χ4n) is 5.46. The number of anilines is 1. The van der Waals surface area contributed by atoms with Crippen LogP contribution >= 0.6 is 0 Å². The number of nitrogens with zero attached hydrogens (tertiary/aromatic N) is 3. The van der Waals surface area contributed by atoms with E-state index in [2.05, 4.69) is 0 Å². The van der Waals surface area contributed by atoms with E-state index in [9.17, 15) is 18.0 Å². The van der Waals surface area contributed by atoms with Crippen LogP contribution < -0.4 is 4.90 Å². The molecule has 0 radical (unpaired) electrons. The highest BCUT2D eigenvalue weighted by atomic mass is 19.4. The lowest BCUT2D eigenvalue weighted by Crippen LogP contribution is -2.53. The predicted octanol–water partition coefficient (Wildman–Crippen LogP) is 4.43. The Morgan fingerprint density at radius 3 is 2.71 bits per heavy atom. The number of aryl methyl sites for hydroxylation is 1. The van der Waals surface area contributed by atoms with Gasteiger partial charge in [0.05, 0.1) is 30.2 Å². The molecule has 0 N–H and O–H groups in total. The second kappa shape index (κ2) is 9.30. The minimum absolute atomic E-state index is 0.0516. The summed E-state index contributed by atoms with van der Waals surface area (Å²) in [6.07, 6.45) is -3.51. The van der Waals surface area contributed by atoms with Gasteiger partial charge in [0, 0.05) is 44.4 Å². The molecule has 0 aliphatic carbocycles. The van der Waals surface area contributed by atoms with E-state index < -0.39 is 11.7 Å². The highest BCUT2D eigenvalue weighted by molar-refractivity contribution is 5.79. The number of benzene rings is 2. The van der Waals surface area contributed by atoms with Crippen molar-refractivity contribution in [3.63, 3.8) is 0 Å². The van der Waals surface area contributed by atoms with Crippen molar-refractivity contribution in [2.75, 3.05) is 44.8 Å². The number of carbonyl (C=O) groups excluding carboxylic acids is 1. The first kappa shape index (κ1) is 24.1. The lowest BCUT2D eigenvalue weighted by molar-refractivity contribution is -0.138. The van der Waals surface area contributed by atoms with Crippen LogP contribution in [0.1, 0.15) is 28.7 Å². The van der Waals surface area contributed by atoms with Crippen LogP contribution in [0.25, 0.3) is 0 Å². The molecule has 34 heavy (non-hydrogen) atoms. The SMILES string of the molecule is COCC12CN(C(=O)Cc3cccc(C)c3)CCC1CN(c1ccc(C#N)c(C(F)(F)F)c1)C2. The van der Waals surface area contributed by atoms with Crippen LogP contribution in [0.2, 0.25) is 0 Å². The zero-order chi connectivity index (χ0) is 24.5. The molecule has 4 rings (SSSR count). The van der Waals surface area contributed by atoms with Crippen molar-refractivity contribution in [2.24, 2.45) is 11.3 Å². The molecule has 5 nitrogen and oxygen atoms in total. The van der Waals surface area contributed by atoms with Gasteiger partial charge in [-0.05, 0) is 43.0 Å². The standard InChI is InChI=1S/C26H28F3N3O2/c1-18-4-3-5-19(10-18)11-24(33)31-9-8-21-14-32(16-25(21,15-31)17-34-2)22-7-6-20(13-30)23(12-22)26(27,28)29/h3-7,10,12,21H,8-9,11,14-17H2,1-2H3. The summed E-state index contributed by atoms with van der Waals surface area (Å²) < 4.78 is 46.1. The smallest absolute Gasteiger partial charge is 0.384 e. The fourth-order valence-corrected chi connectivity index (χ4v) is 5.46. The molecule has 8 heteroatoms. The quantitative estimate of drug-likeness (QED) is 0.648. The number of likely N-dealkylation sites (tertiary alicyclic amines) is 1. The summed E-state index contributed by atoms with van der Waals surface area (Å²) in [5.41, 5.74) is 0.853. The molecule has 2 aliphatic rings. The Morgan fingerprint density at radius 1 is 1.24 bits per heavy atom. The first-order valence-corrected chi connectivity index (χ1v) is 11.3. The van der Waals surface area contributed by atoms with Crippen LogP contribution in [0.4, 0.5) is 18.9 Å². The van der Waals surface area contributed by atoms with Crippen molar-refractivity contribution >= 4 is 11.6 Å². The molecular weight excluding hydrogens is 443 g/mol. The first-order valence-electron chi connectivity index (χ1n) is 11.3. The van der Waals surface area contributed by atoms with Crippen LogP contribution in [-0.2, 0) is 22.1 Å². The summed E-state index contributed by atoms with van der Waals surface area (Å²) in [6.45, 7) is 4.62. The van der Waals surface area contributed by atoms with Crippen molar-refractivity contribution in [1.82, 2.24) is 4.90 Å². The zero-order valence-electron chi connectivity index (χ0n) is 19.4. The number of carbonyl (C=O) groups is 1. The monoisotopic (exact) mass is 471 g/mol. The van der Waals surface area contributed by atoms with Crippen LogP contribution in [-0.4, -0.2) is 50.7 Å². The maximum absolute atomic E-state index is 13.5. The minimum Gasteiger partial charge on any atom is -0.384 e. The van der Waals surface area contributed by atoms with Crippen LogP contribution in [0.5, 0.6) is 0 Å². The molecule has 2 heterocycles. The Bertz CT molecular complexity index is 1110. The van der Waals surface area contributed by atoms with Gasteiger partial charge in [0.15, 0.2) is 0 Å². The number of nitriles is 1. The lowest BCUT2D eigenvalue weighted by Gasteiger charge is -2.43. The first-order chi connectivity index (χ1) is 16.1. The van der Waals surface area contributed by atoms with E-state index in [1.54, 1.807) is 19.2 Å². The maximum atomic E-state index is 13.5. The largest absolute Gasteiger partial charge is 0.417 e. The molecule has 2 aliphatic heterocycles. The fraction of sp³-hybridized carbons (Fsp3) is 0.462. The molecule has 0 spiro atoms. The van der Waals surface area contributed by atoms with Gasteiger partial charge >= 0.3 is 6.18 Å². The van der Waals surface area contributed by atoms with E-state index in [0.717, 1.165) is 23.6 Å². The van der Waals surface area contributed by atoms with Gasteiger partial charge in [-0.2, -0.15) is 18.4 Å². The summed E-state index contributed by atoms with van der Waals surface area (Å²) in [6, 6.07) is 13.4. The molecule has 2 unspecified atom stereocenters.